The van der Waals surface area contributed by atoms with Crippen molar-refractivity contribution in [2.45, 2.75) is 19.8 Å². The van der Waals surface area contributed by atoms with Gasteiger partial charge in [-0.15, -0.1) is 0 Å². The third-order valence-electron chi connectivity index (χ3n) is 0.711. The van der Waals surface area contributed by atoms with Crippen LogP contribution in [0.5, 0.6) is 0 Å². The van der Waals surface area contributed by atoms with Gasteiger partial charge in [0.05, 0.1) is 0 Å². The summed E-state index contributed by atoms with van der Waals surface area (Å²) in [5.41, 5.74) is 0. The van der Waals surface area contributed by atoms with Crippen molar-refractivity contribution in [1.29, 1.82) is 0 Å². The molecule has 1 heteroatoms. The average molecular weight is 210 g/mol. The molecule has 0 N–H and O–H groups in total. The minimum Gasteiger partial charge on any atom is -0.0878 e. The van der Waals surface area contributed by atoms with Gasteiger partial charge < -0.3 is 0 Å². The van der Waals surface area contributed by atoms with E-state index in [0.717, 1.165) is 4.43 Å². The van der Waals surface area contributed by atoms with Crippen LogP contribution in [0.2, 0.25) is 0 Å². The zero-order chi connectivity index (χ0) is 5.54. The summed E-state index contributed by atoms with van der Waals surface area (Å²) in [7, 11) is 0. The fourth-order valence-corrected chi connectivity index (χ4v) is 0.707. The van der Waals surface area contributed by atoms with E-state index in [2.05, 4.69) is 41.7 Å². The van der Waals surface area contributed by atoms with Crippen molar-refractivity contribution in [2.24, 2.45) is 0 Å². The Bertz CT molecular complexity index is 48.1. The Morgan fingerprint density at radius 3 is 2.57 bits per heavy atom. The van der Waals surface area contributed by atoms with Crippen molar-refractivity contribution in [2.75, 3.05) is 4.43 Å². The van der Waals surface area contributed by atoms with Crippen LogP contribution in [-0.2, 0) is 0 Å². The van der Waals surface area contributed by atoms with Gasteiger partial charge >= 0.3 is 0 Å². The molecule has 0 saturated carbocycles. The van der Waals surface area contributed by atoms with E-state index in [4.69, 9.17) is 0 Å². The first-order chi connectivity index (χ1) is 3.41. The lowest BCUT2D eigenvalue weighted by molar-refractivity contribution is 0.958. The van der Waals surface area contributed by atoms with Crippen molar-refractivity contribution in [3.63, 3.8) is 0 Å². The van der Waals surface area contributed by atoms with E-state index >= 15 is 0 Å². The zero-order valence-electron chi connectivity index (χ0n) is 4.65. The lowest BCUT2D eigenvalue weighted by Gasteiger charge is -1.79. The van der Waals surface area contributed by atoms with Crippen molar-refractivity contribution < 1.29 is 0 Å². The molecule has 42 valence electrons. The van der Waals surface area contributed by atoms with E-state index in [-0.39, 0.29) is 0 Å². The lowest BCUT2D eigenvalue weighted by Crippen LogP contribution is -1.61. The molecule has 0 aliphatic heterocycles. The molecule has 0 nitrogen and oxygen atoms in total. The lowest BCUT2D eigenvalue weighted by atomic mass is 10.3. The molecule has 0 aromatic rings. The summed E-state index contributed by atoms with van der Waals surface area (Å²) < 4.78 is 1.15. The van der Waals surface area contributed by atoms with Crippen LogP contribution in [-0.4, -0.2) is 4.43 Å². The molecule has 0 rings (SSSR count). The first-order valence-electron chi connectivity index (χ1n) is 2.62. The van der Waals surface area contributed by atoms with E-state index in [9.17, 15) is 0 Å². The van der Waals surface area contributed by atoms with Gasteiger partial charge in [-0.25, -0.2) is 0 Å². The Balaban J connectivity index is 2.78. The molecule has 0 fully saturated rings. The number of unbranched alkanes of at least 4 members (excludes halogenated alkanes) is 1. The van der Waals surface area contributed by atoms with E-state index in [1.54, 1.807) is 0 Å². The van der Waals surface area contributed by atoms with Gasteiger partial charge in [0.2, 0.25) is 0 Å². The fourth-order valence-electron chi connectivity index (χ4n) is 0.348. The highest BCUT2D eigenvalue weighted by Gasteiger charge is 1.68. The van der Waals surface area contributed by atoms with Crippen LogP contribution in [0.15, 0.2) is 12.2 Å². The van der Waals surface area contributed by atoms with Gasteiger partial charge in [0, 0.05) is 4.43 Å². The molecular formula is C6H11I. The minimum atomic E-state index is 1.15. The van der Waals surface area contributed by atoms with Gasteiger partial charge in [0.25, 0.3) is 0 Å². The highest BCUT2D eigenvalue weighted by atomic mass is 127. The van der Waals surface area contributed by atoms with E-state index in [1.165, 1.54) is 12.8 Å². The van der Waals surface area contributed by atoms with Crippen LogP contribution in [0, 0.1) is 0 Å². The van der Waals surface area contributed by atoms with E-state index in [0.29, 0.717) is 0 Å². The topological polar surface area (TPSA) is 0 Å². The molecular weight excluding hydrogens is 199 g/mol. The predicted octanol–water partition coefficient (Wildman–Crippen LogP) is 2.78. The van der Waals surface area contributed by atoms with E-state index < -0.39 is 0 Å². The summed E-state index contributed by atoms with van der Waals surface area (Å²) in [6.45, 7) is 2.19. The second-order valence-electron chi connectivity index (χ2n) is 1.41. The van der Waals surface area contributed by atoms with Crippen LogP contribution in [0.3, 0.4) is 0 Å². The number of halogens is 1. The minimum absolute atomic E-state index is 1.15. The first-order valence-corrected chi connectivity index (χ1v) is 4.15. The highest BCUT2D eigenvalue weighted by molar-refractivity contribution is 14.1. The Kier molecular flexibility index (Phi) is 6.90. The maximum absolute atomic E-state index is 2.34. The Labute approximate surface area is 59.1 Å². The van der Waals surface area contributed by atoms with Crippen molar-refractivity contribution in [3.05, 3.63) is 12.2 Å². The molecule has 0 aliphatic carbocycles. The third-order valence-corrected chi connectivity index (χ3v) is 1.22. The quantitative estimate of drug-likeness (QED) is 0.381. The first kappa shape index (κ1) is 7.47. The molecule has 0 aliphatic rings. The second-order valence-corrected chi connectivity index (χ2v) is 2.30. The molecule has 0 aromatic heterocycles. The molecule has 0 spiro atoms. The molecule has 0 bridgehead atoms. The number of allylic oxidation sites excluding steroid dienone is 2. The van der Waals surface area contributed by atoms with Gasteiger partial charge in [0.1, 0.15) is 0 Å². The fraction of sp³-hybridized carbons (Fsp3) is 0.667. The van der Waals surface area contributed by atoms with Crippen molar-refractivity contribution in [3.8, 4) is 0 Å². The van der Waals surface area contributed by atoms with Crippen LogP contribution >= 0.6 is 22.6 Å². The summed E-state index contributed by atoms with van der Waals surface area (Å²) in [5, 5.41) is 0. The van der Waals surface area contributed by atoms with Gasteiger partial charge in [0.15, 0.2) is 0 Å². The zero-order valence-corrected chi connectivity index (χ0v) is 6.81. The van der Waals surface area contributed by atoms with Crippen molar-refractivity contribution >= 4 is 22.6 Å². The largest absolute Gasteiger partial charge is 0.0878 e. The summed E-state index contributed by atoms with van der Waals surface area (Å²) in [6, 6.07) is 0. The molecule has 0 heterocycles. The van der Waals surface area contributed by atoms with Crippen LogP contribution < -0.4 is 0 Å². The molecule has 0 saturated heterocycles. The third kappa shape index (κ3) is 6.47. The number of alkyl halides is 1. The molecule has 7 heavy (non-hydrogen) atoms. The molecule has 0 aromatic carbocycles. The number of hydrogen-bond acceptors (Lipinski definition) is 0. The van der Waals surface area contributed by atoms with E-state index in [1.807, 2.05) is 0 Å². The summed E-state index contributed by atoms with van der Waals surface area (Å²) in [4.78, 5) is 0. The monoisotopic (exact) mass is 210 g/mol. The standard InChI is InChI=1S/C6H11I/c1-2-3-4-5-6-7/h4-5H,2-3,6H2,1H3/b5-4+. The number of rotatable bonds is 3. The summed E-state index contributed by atoms with van der Waals surface area (Å²) >= 11 is 2.34. The normalized spacial score (nSPS) is 10.6. The highest BCUT2D eigenvalue weighted by Crippen LogP contribution is 1.89. The van der Waals surface area contributed by atoms with Gasteiger partial charge in [-0.3, -0.25) is 0 Å². The van der Waals surface area contributed by atoms with Crippen molar-refractivity contribution in [1.82, 2.24) is 0 Å². The molecule has 0 amide bonds. The van der Waals surface area contributed by atoms with Gasteiger partial charge in [-0.05, 0) is 6.42 Å². The van der Waals surface area contributed by atoms with Crippen LogP contribution in [0.4, 0.5) is 0 Å². The number of hydrogen-bond donors (Lipinski definition) is 0. The average Bonchev–Trinajstić information content (AvgIpc) is 1.69. The Hall–Kier alpha value is 0.470. The molecule has 0 unspecified atom stereocenters. The Morgan fingerprint density at radius 1 is 1.43 bits per heavy atom. The van der Waals surface area contributed by atoms with Crippen LogP contribution in [0.25, 0.3) is 0 Å². The van der Waals surface area contributed by atoms with Gasteiger partial charge in [-0.2, -0.15) is 0 Å². The SMILES string of the molecule is CCC/C=C/CI. The molecule has 0 atom stereocenters. The predicted molar refractivity (Wildman–Crippen MR) is 42.9 cm³/mol. The Morgan fingerprint density at radius 2 is 2.14 bits per heavy atom. The second kappa shape index (κ2) is 6.47. The van der Waals surface area contributed by atoms with Gasteiger partial charge in [-0.1, -0.05) is 48.1 Å². The summed E-state index contributed by atoms with van der Waals surface area (Å²) in [5.74, 6) is 0. The smallest absolute Gasteiger partial charge is 0.0175 e. The maximum atomic E-state index is 2.34. The maximum Gasteiger partial charge on any atom is 0.0175 e. The summed E-state index contributed by atoms with van der Waals surface area (Å²) in [6.07, 6.45) is 6.94. The molecule has 0 radical (unpaired) electrons. The van der Waals surface area contributed by atoms with Crippen LogP contribution in [0.1, 0.15) is 19.8 Å².